The molecule has 0 radical (unpaired) electrons. The second kappa shape index (κ2) is 5.44. The zero-order chi connectivity index (χ0) is 12.7. The smallest absolute Gasteiger partial charge is 0.324 e. The molecule has 1 amide bonds. The molecule has 19 heavy (non-hydrogen) atoms. The van der Waals surface area contributed by atoms with Crippen molar-refractivity contribution in [2.45, 2.75) is 0 Å². The van der Waals surface area contributed by atoms with Crippen LogP contribution in [0.4, 0.5) is 5.00 Å². The predicted molar refractivity (Wildman–Crippen MR) is 74.0 cm³/mol. The normalized spacial score (nSPS) is 24.9. The number of rotatable bonds is 2. The Morgan fingerprint density at radius 3 is 2.58 bits per heavy atom. The molecule has 0 saturated carbocycles. The van der Waals surface area contributed by atoms with Gasteiger partial charge >= 0.3 is 5.00 Å². The van der Waals surface area contributed by atoms with Crippen molar-refractivity contribution in [2.24, 2.45) is 11.8 Å². The Balaban J connectivity index is 0.00000133. The summed E-state index contributed by atoms with van der Waals surface area (Å²) in [7, 11) is 0. The van der Waals surface area contributed by atoms with Gasteiger partial charge in [0.05, 0.1) is 10.5 Å². The third kappa shape index (κ3) is 2.58. The first-order valence-electron chi connectivity index (χ1n) is 5.88. The van der Waals surface area contributed by atoms with Gasteiger partial charge in [-0.15, -0.1) is 12.4 Å². The van der Waals surface area contributed by atoms with Gasteiger partial charge < -0.3 is 10.2 Å². The number of halogens is 1. The second-order valence-electron chi connectivity index (χ2n) is 4.82. The van der Waals surface area contributed by atoms with E-state index in [4.69, 9.17) is 0 Å². The van der Waals surface area contributed by atoms with Crippen LogP contribution in [0, 0.1) is 22.0 Å². The molecule has 2 atom stereocenters. The molecule has 1 aromatic heterocycles. The summed E-state index contributed by atoms with van der Waals surface area (Å²) in [6, 6.07) is 1.37. The van der Waals surface area contributed by atoms with Gasteiger partial charge in [-0.25, -0.2) is 0 Å². The standard InChI is InChI=1S/C11H13N3O3S.ClH/c15-11(7-1-10(14(16)17)18-6-7)13-4-8-2-12-3-9(8)5-13;/h1,6,8-9,12H,2-5H2;1H/t8-,9+;. The summed E-state index contributed by atoms with van der Waals surface area (Å²) in [5.74, 6) is 1.01. The van der Waals surface area contributed by atoms with Crippen molar-refractivity contribution in [3.63, 3.8) is 0 Å². The van der Waals surface area contributed by atoms with E-state index in [9.17, 15) is 14.9 Å². The molecule has 3 rings (SSSR count). The molecule has 0 spiro atoms. The molecule has 0 aliphatic carbocycles. The van der Waals surface area contributed by atoms with E-state index < -0.39 is 4.92 Å². The molecule has 2 fully saturated rings. The highest BCUT2D eigenvalue weighted by Crippen LogP contribution is 2.29. The number of nitro groups is 1. The summed E-state index contributed by atoms with van der Waals surface area (Å²) in [5.41, 5.74) is 0.444. The average Bonchev–Trinajstić information content (AvgIpc) is 3.02. The Labute approximate surface area is 120 Å². The number of thiophene rings is 1. The SMILES string of the molecule is Cl.O=C(c1csc([N+](=O)[O-])c1)N1C[C@H]2CNC[C@H]2C1. The maximum Gasteiger partial charge on any atom is 0.324 e. The molecule has 8 heteroatoms. The Morgan fingerprint density at radius 1 is 1.42 bits per heavy atom. The number of hydrogen-bond acceptors (Lipinski definition) is 5. The van der Waals surface area contributed by atoms with Crippen LogP contribution in [-0.2, 0) is 0 Å². The van der Waals surface area contributed by atoms with Crippen molar-refractivity contribution in [2.75, 3.05) is 26.2 Å². The third-order valence-corrected chi connectivity index (χ3v) is 4.57. The van der Waals surface area contributed by atoms with Gasteiger partial charge in [0, 0.05) is 37.6 Å². The third-order valence-electron chi connectivity index (χ3n) is 3.69. The summed E-state index contributed by atoms with van der Waals surface area (Å²) in [6.45, 7) is 3.47. The first-order valence-corrected chi connectivity index (χ1v) is 6.76. The highest BCUT2D eigenvalue weighted by atomic mass is 35.5. The summed E-state index contributed by atoms with van der Waals surface area (Å²) in [4.78, 5) is 24.2. The van der Waals surface area contributed by atoms with E-state index in [0.717, 1.165) is 37.5 Å². The molecule has 6 nitrogen and oxygen atoms in total. The molecule has 0 aromatic carbocycles. The van der Waals surface area contributed by atoms with Crippen molar-refractivity contribution in [3.8, 4) is 0 Å². The Kier molecular flexibility index (Phi) is 4.07. The van der Waals surface area contributed by atoms with Crippen LogP contribution < -0.4 is 5.32 Å². The van der Waals surface area contributed by atoms with Gasteiger partial charge in [0.2, 0.25) is 0 Å². The fraction of sp³-hybridized carbons (Fsp3) is 0.545. The van der Waals surface area contributed by atoms with Crippen LogP contribution >= 0.6 is 23.7 Å². The summed E-state index contributed by atoms with van der Waals surface area (Å²) in [5, 5.41) is 15.5. The zero-order valence-corrected chi connectivity index (χ0v) is 11.7. The lowest BCUT2D eigenvalue weighted by molar-refractivity contribution is -0.380. The van der Waals surface area contributed by atoms with E-state index in [1.165, 1.54) is 6.07 Å². The first kappa shape index (κ1) is 14.2. The number of nitrogens with zero attached hydrogens (tertiary/aromatic N) is 2. The summed E-state index contributed by atoms with van der Waals surface area (Å²) in [6.07, 6.45) is 0. The average molecular weight is 304 g/mol. The molecular formula is C11H14ClN3O3S. The van der Waals surface area contributed by atoms with Gasteiger partial charge in [0.1, 0.15) is 0 Å². The Bertz CT molecular complexity index is 495. The molecule has 0 unspecified atom stereocenters. The van der Waals surface area contributed by atoms with Gasteiger partial charge in [-0.05, 0) is 11.8 Å². The van der Waals surface area contributed by atoms with Crippen LogP contribution in [0.25, 0.3) is 0 Å². The molecule has 1 aromatic rings. The van der Waals surface area contributed by atoms with Crippen molar-refractivity contribution < 1.29 is 9.72 Å². The van der Waals surface area contributed by atoms with Gasteiger partial charge in [0.25, 0.3) is 5.91 Å². The van der Waals surface area contributed by atoms with Crippen LogP contribution in [0.3, 0.4) is 0 Å². The number of hydrogen-bond donors (Lipinski definition) is 1. The number of carbonyl (C=O) groups excluding carboxylic acids is 1. The quantitative estimate of drug-likeness (QED) is 0.661. The monoisotopic (exact) mass is 303 g/mol. The van der Waals surface area contributed by atoms with E-state index in [-0.39, 0.29) is 23.3 Å². The molecule has 2 aliphatic heterocycles. The number of amides is 1. The van der Waals surface area contributed by atoms with Gasteiger partial charge in [0.15, 0.2) is 0 Å². The molecule has 104 valence electrons. The zero-order valence-electron chi connectivity index (χ0n) is 10.1. The van der Waals surface area contributed by atoms with Gasteiger partial charge in [-0.1, -0.05) is 11.3 Å². The Morgan fingerprint density at radius 2 is 2.05 bits per heavy atom. The molecule has 0 bridgehead atoms. The van der Waals surface area contributed by atoms with Crippen LogP contribution in [0.15, 0.2) is 11.4 Å². The predicted octanol–water partition coefficient (Wildman–Crippen LogP) is 1.37. The highest BCUT2D eigenvalue weighted by Gasteiger charge is 2.38. The maximum absolute atomic E-state index is 12.2. The van der Waals surface area contributed by atoms with E-state index in [2.05, 4.69) is 5.32 Å². The van der Waals surface area contributed by atoms with Crippen LogP contribution in [0.5, 0.6) is 0 Å². The molecule has 1 N–H and O–H groups in total. The van der Waals surface area contributed by atoms with Gasteiger partial charge in [-0.2, -0.15) is 0 Å². The van der Waals surface area contributed by atoms with E-state index in [1.807, 2.05) is 4.90 Å². The van der Waals surface area contributed by atoms with Crippen molar-refractivity contribution in [3.05, 3.63) is 27.1 Å². The largest absolute Gasteiger partial charge is 0.338 e. The van der Waals surface area contributed by atoms with Gasteiger partial charge in [-0.3, -0.25) is 14.9 Å². The van der Waals surface area contributed by atoms with Crippen LogP contribution in [0.1, 0.15) is 10.4 Å². The highest BCUT2D eigenvalue weighted by molar-refractivity contribution is 7.13. The fourth-order valence-electron chi connectivity index (χ4n) is 2.74. The van der Waals surface area contributed by atoms with Crippen molar-refractivity contribution >= 4 is 34.7 Å². The number of likely N-dealkylation sites (tertiary alicyclic amines) is 1. The fourth-order valence-corrected chi connectivity index (χ4v) is 3.43. The van der Waals surface area contributed by atoms with E-state index in [1.54, 1.807) is 5.38 Å². The molecule has 2 saturated heterocycles. The van der Waals surface area contributed by atoms with E-state index >= 15 is 0 Å². The Hall–Kier alpha value is -1.18. The maximum atomic E-state index is 12.2. The summed E-state index contributed by atoms with van der Waals surface area (Å²) < 4.78 is 0. The van der Waals surface area contributed by atoms with E-state index in [0.29, 0.717) is 17.4 Å². The minimum Gasteiger partial charge on any atom is -0.338 e. The molecule has 3 heterocycles. The topological polar surface area (TPSA) is 75.5 Å². The minimum absolute atomic E-state index is 0. The second-order valence-corrected chi connectivity index (χ2v) is 5.71. The van der Waals surface area contributed by atoms with Crippen LogP contribution in [0.2, 0.25) is 0 Å². The minimum atomic E-state index is -0.454. The number of nitrogens with one attached hydrogen (secondary N) is 1. The molecule has 2 aliphatic rings. The van der Waals surface area contributed by atoms with Crippen LogP contribution in [-0.4, -0.2) is 41.9 Å². The number of carbonyl (C=O) groups is 1. The van der Waals surface area contributed by atoms with Crippen molar-refractivity contribution in [1.82, 2.24) is 10.2 Å². The lowest BCUT2D eigenvalue weighted by Gasteiger charge is -2.16. The lowest BCUT2D eigenvalue weighted by Crippen LogP contribution is -2.31. The van der Waals surface area contributed by atoms with Crippen molar-refractivity contribution in [1.29, 1.82) is 0 Å². The first-order chi connectivity index (χ1) is 8.65. The summed E-state index contributed by atoms with van der Waals surface area (Å²) >= 11 is 1.01. The number of fused-ring (bicyclic) bond motifs is 1. The molecular weight excluding hydrogens is 290 g/mol. The lowest BCUT2D eigenvalue weighted by atomic mass is 10.0.